The van der Waals surface area contributed by atoms with Gasteiger partial charge >= 0.3 is 0 Å². The second kappa shape index (κ2) is 6.77. The number of benzene rings is 1. The van der Waals surface area contributed by atoms with E-state index in [0.717, 1.165) is 41.7 Å². The van der Waals surface area contributed by atoms with Gasteiger partial charge in [-0.15, -0.1) is 0 Å². The molecule has 0 fully saturated rings. The van der Waals surface area contributed by atoms with Gasteiger partial charge < -0.3 is 9.73 Å². The normalized spacial score (nSPS) is 11.7. The van der Waals surface area contributed by atoms with Gasteiger partial charge in [0.2, 0.25) is 0 Å². The molecule has 0 atom stereocenters. The van der Waals surface area contributed by atoms with Gasteiger partial charge in [-0.3, -0.25) is 0 Å². The van der Waals surface area contributed by atoms with Crippen LogP contribution in [-0.2, 0) is 13.0 Å². The molecule has 0 radical (unpaired) electrons. The molecule has 2 nitrogen and oxygen atoms in total. The molecule has 0 aliphatic carbocycles. The van der Waals surface area contributed by atoms with Crippen molar-refractivity contribution >= 4 is 26.9 Å². The average Bonchev–Trinajstić information content (AvgIpc) is 2.68. The van der Waals surface area contributed by atoms with E-state index in [4.69, 9.17) is 4.42 Å². The van der Waals surface area contributed by atoms with E-state index in [0.29, 0.717) is 5.92 Å². The molecule has 20 heavy (non-hydrogen) atoms. The van der Waals surface area contributed by atoms with Crippen molar-refractivity contribution in [3.63, 3.8) is 0 Å². The van der Waals surface area contributed by atoms with Crippen molar-refractivity contribution in [1.82, 2.24) is 5.32 Å². The Balaban J connectivity index is 2.46. The predicted octanol–water partition coefficient (Wildman–Crippen LogP) is 5.20. The molecule has 0 aliphatic heterocycles. The third-order valence-corrected chi connectivity index (χ3v) is 3.99. The molecule has 110 valence electrons. The van der Waals surface area contributed by atoms with Crippen LogP contribution >= 0.6 is 15.9 Å². The Morgan fingerprint density at radius 1 is 1.30 bits per heavy atom. The summed E-state index contributed by atoms with van der Waals surface area (Å²) < 4.78 is 7.18. The van der Waals surface area contributed by atoms with Crippen LogP contribution in [0.4, 0.5) is 0 Å². The van der Waals surface area contributed by atoms with E-state index in [-0.39, 0.29) is 0 Å². The smallest absolute Gasteiger partial charge is 0.148 e. The van der Waals surface area contributed by atoms with E-state index >= 15 is 0 Å². The van der Waals surface area contributed by atoms with Gasteiger partial charge in [0.25, 0.3) is 0 Å². The third-order valence-electron chi connectivity index (χ3n) is 3.40. The van der Waals surface area contributed by atoms with Crippen LogP contribution in [0.1, 0.15) is 44.1 Å². The van der Waals surface area contributed by atoms with Gasteiger partial charge in [-0.25, -0.2) is 0 Å². The molecule has 0 spiro atoms. The van der Waals surface area contributed by atoms with Gasteiger partial charge in [-0.1, -0.05) is 20.8 Å². The Morgan fingerprint density at radius 3 is 2.70 bits per heavy atom. The second-order valence-corrected chi connectivity index (χ2v) is 6.76. The highest BCUT2D eigenvalue weighted by Crippen LogP contribution is 2.34. The van der Waals surface area contributed by atoms with Crippen LogP contribution in [0.2, 0.25) is 0 Å². The fourth-order valence-corrected chi connectivity index (χ4v) is 3.20. The molecule has 0 amide bonds. The fourth-order valence-electron chi connectivity index (χ4n) is 2.55. The first-order chi connectivity index (χ1) is 9.52. The van der Waals surface area contributed by atoms with E-state index in [9.17, 15) is 0 Å². The Bertz CT molecular complexity index is 586. The molecule has 2 aromatic rings. The van der Waals surface area contributed by atoms with Gasteiger partial charge in [0, 0.05) is 10.9 Å². The third kappa shape index (κ3) is 3.44. The highest BCUT2D eigenvalue weighted by molar-refractivity contribution is 9.10. The van der Waals surface area contributed by atoms with Gasteiger partial charge in [-0.2, -0.15) is 0 Å². The lowest BCUT2D eigenvalue weighted by atomic mass is 9.99. The van der Waals surface area contributed by atoms with Crippen LogP contribution in [0.5, 0.6) is 0 Å². The van der Waals surface area contributed by atoms with Crippen molar-refractivity contribution in [2.75, 3.05) is 6.54 Å². The lowest BCUT2D eigenvalue weighted by Gasteiger charge is -2.07. The topological polar surface area (TPSA) is 25.2 Å². The molecule has 0 aliphatic rings. The quantitative estimate of drug-likeness (QED) is 0.732. The zero-order chi connectivity index (χ0) is 14.7. The molecular weight excluding hydrogens is 314 g/mol. The lowest BCUT2D eigenvalue weighted by molar-refractivity contribution is 0.500. The Morgan fingerprint density at radius 2 is 2.05 bits per heavy atom. The number of aryl methyl sites for hydroxylation is 1. The number of hydrogen-bond donors (Lipinski definition) is 1. The summed E-state index contributed by atoms with van der Waals surface area (Å²) in [7, 11) is 0. The predicted molar refractivity (Wildman–Crippen MR) is 89.2 cm³/mol. The van der Waals surface area contributed by atoms with Gasteiger partial charge in [0.05, 0.1) is 11.0 Å². The zero-order valence-corrected chi connectivity index (χ0v) is 14.4. The van der Waals surface area contributed by atoms with Crippen LogP contribution in [0.3, 0.4) is 0 Å². The SMILES string of the molecule is CCCNCc1oc2c(Br)cc(C)cc2c1CC(C)C. The molecule has 0 unspecified atom stereocenters. The summed E-state index contributed by atoms with van der Waals surface area (Å²) in [5.74, 6) is 1.72. The van der Waals surface area contributed by atoms with E-state index in [1.807, 2.05) is 0 Å². The van der Waals surface area contributed by atoms with Crippen molar-refractivity contribution in [2.45, 2.75) is 47.1 Å². The fraction of sp³-hybridized carbons (Fsp3) is 0.529. The monoisotopic (exact) mass is 337 g/mol. The maximum absolute atomic E-state index is 6.12. The minimum atomic E-state index is 0.625. The largest absolute Gasteiger partial charge is 0.458 e. The summed E-state index contributed by atoms with van der Waals surface area (Å²) in [4.78, 5) is 0. The summed E-state index contributed by atoms with van der Waals surface area (Å²) in [6.07, 6.45) is 2.20. The van der Waals surface area contributed by atoms with E-state index < -0.39 is 0 Å². The summed E-state index contributed by atoms with van der Waals surface area (Å²) >= 11 is 3.63. The number of furan rings is 1. The molecule has 0 bridgehead atoms. The number of halogens is 1. The Hall–Kier alpha value is -0.800. The molecule has 1 N–H and O–H groups in total. The molecule has 1 heterocycles. The maximum atomic E-state index is 6.12. The van der Waals surface area contributed by atoms with Crippen molar-refractivity contribution in [1.29, 1.82) is 0 Å². The van der Waals surface area contributed by atoms with Crippen LogP contribution in [0, 0.1) is 12.8 Å². The number of rotatable bonds is 6. The summed E-state index contributed by atoms with van der Waals surface area (Å²) in [6, 6.07) is 4.36. The first-order valence-electron chi connectivity index (χ1n) is 7.44. The van der Waals surface area contributed by atoms with Crippen LogP contribution < -0.4 is 5.32 Å². The first kappa shape index (κ1) is 15.6. The molecule has 3 heteroatoms. The molecule has 0 saturated heterocycles. The molecule has 1 aromatic heterocycles. The van der Waals surface area contributed by atoms with E-state index in [1.165, 1.54) is 16.5 Å². The summed E-state index contributed by atoms with van der Waals surface area (Å²) in [5, 5.41) is 4.71. The molecule has 1 aromatic carbocycles. The van der Waals surface area contributed by atoms with Crippen molar-refractivity contribution in [3.05, 3.63) is 33.5 Å². The van der Waals surface area contributed by atoms with Crippen molar-refractivity contribution < 1.29 is 4.42 Å². The number of hydrogen-bond acceptors (Lipinski definition) is 2. The standard InChI is InChI=1S/C17H24BrNO/c1-5-6-19-10-16-13(7-11(2)3)14-8-12(4)9-15(18)17(14)20-16/h8-9,11,19H,5-7,10H2,1-4H3. The number of nitrogens with one attached hydrogen (secondary N) is 1. The van der Waals surface area contributed by atoms with E-state index in [1.54, 1.807) is 0 Å². The van der Waals surface area contributed by atoms with Crippen molar-refractivity contribution in [2.24, 2.45) is 5.92 Å². The van der Waals surface area contributed by atoms with Gasteiger partial charge in [-0.05, 0) is 65.9 Å². The zero-order valence-electron chi connectivity index (χ0n) is 12.8. The van der Waals surface area contributed by atoms with Crippen LogP contribution in [0.15, 0.2) is 21.0 Å². The van der Waals surface area contributed by atoms with Crippen LogP contribution in [0.25, 0.3) is 11.0 Å². The Kier molecular flexibility index (Phi) is 5.28. The van der Waals surface area contributed by atoms with Gasteiger partial charge in [0.1, 0.15) is 11.3 Å². The first-order valence-corrected chi connectivity index (χ1v) is 8.23. The minimum Gasteiger partial charge on any atom is -0.458 e. The number of fused-ring (bicyclic) bond motifs is 1. The highest BCUT2D eigenvalue weighted by Gasteiger charge is 2.17. The molecule has 2 rings (SSSR count). The average molecular weight is 338 g/mol. The summed E-state index contributed by atoms with van der Waals surface area (Å²) in [6.45, 7) is 10.7. The molecular formula is C17H24BrNO. The van der Waals surface area contributed by atoms with Crippen molar-refractivity contribution in [3.8, 4) is 0 Å². The summed E-state index contributed by atoms with van der Waals surface area (Å²) in [5.41, 5.74) is 3.62. The van der Waals surface area contributed by atoms with E-state index in [2.05, 4.69) is 61.1 Å². The van der Waals surface area contributed by atoms with Gasteiger partial charge in [0.15, 0.2) is 0 Å². The minimum absolute atomic E-state index is 0.625. The maximum Gasteiger partial charge on any atom is 0.148 e. The lowest BCUT2D eigenvalue weighted by Crippen LogP contribution is -2.14. The molecule has 0 saturated carbocycles. The Labute approximate surface area is 130 Å². The second-order valence-electron chi connectivity index (χ2n) is 5.90. The van der Waals surface area contributed by atoms with Crippen LogP contribution in [-0.4, -0.2) is 6.54 Å². The highest BCUT2D eigenvalue weighted by atomic mass is 79.9.